The van der Waals surface area contributed by atoms with Crippen LogP contribution >= 0.6 is 0 Å². The summed E-state index contributed by atoms with van der Waals surface area (Å²) in [6, 6.07) is 0. The lowest BCUT2D eigenvalue weighted by Gasteiger charge is -2.10. The van der Waals surface area contributed by atoms with Gasteiger partial charge in [-0.3, -0.25) is 4.79 Å². The second-order valence-corrected chi connectivity index (χ2v) is 6.49. The van der Waals surface area contributed by atoms with Crippen molar-refractivity contribution in [2.45, 2.75) is 97.3 Å². The molecule has 2 heteroatoms. The van der Waals surface area contributed by atoms with Crippen molar-refractivity contribution in [3.63, 3.8) is 0 Å². The fourth-order valence-corrected chi connectivity index (χ4v) is 2.77. The number of unbranched alkanes of at least 4 members (excludes halogenated alkanes) is 7. The van der Waals surface area contributed by atoms with Crippen molar-refractivity contribution in [2.75, 3.05) is 0 Å². The van der Waals surface area contributed by atoms with E-state index in [2.05, 4.69) is 38.2 Å². The Hall–Kier alpha value is -1.05. The molecule has 0 aromatic rings. The molecule has 0 heterocycles. The summed E-state index contributed by atoms with van der Waals surface area (Å²) in [7, 11) is 0. The average Bonchev–Trinajstić information content (AvgIpc) is 2.54. The minimum Gasteiger partial charge on any atom is -0.481 e. The van der Waals surface area contributed by atoms with Crippen LogP contribution in [0.15, 0.2) is 24.3 Å². The van der Waals surface area contributed by atoms with Gasteiger partial charge in [-0.05, 0) is 44.9 Å². The van der Waals surface area contributed by atoms with Gasteiger partial charge in [0.15, 0.2) is 0 Å². The molecule has 1 N–H and O–H groups in total. The number of carboxylic acids is 1. The van der Waals surface area contributed by atoms with Crippen LogP contribution in [0.25, 0.3) is 0 Å². The molecule has 0 aliphatic rings. The fourth-order valence-electron chi connectivity index (χ4n) is 2.77. The third-order valence-electron chi connectivity index (χ3n) is 4.24. The molecule has 0 amide bonds. The quantitative estimate of drug-likeness (QED) is 0.247. The van der Waals surface area contributed by atoms with Gasteiger partial charge in [0.1, 0.15) is 0 Å². The lowest BCUT2D eigenvalue weighted by molar-refractivity contribution is -0.142. The maximum absolute atomic E-state index is 11.0. The summed E-state index contributed by atoms with van der Waals surface area (Å²) in [5.41, 5.74) is 0. The molecule has 23 heavy (non-hydrogen) atoms. The Morgan fingerprint density at radius 2 is 1.39 bits per heavy atom. The monoisotopic (exact) mass is 322 g/mol. The van der Waals surface area contributed by atoms with Gasteiger partial charge in [-0.15, -0.1) is 0 Å². The molecule has 0 aromatic carbocycles. The molecule has 0 saturated carbocycles. The second-order valence-electron chi connectivity index (χ2n) is 6.49. The number of carbonyl (C=O) groups is 1. The maximum Gasteiger partial charge on any atom is 0.306 e. The van der Waals surface area contributed by atoms with Gasteiger partial charge in [0.25, 0.3) is 0 Å². The Morgan fingerprint density at radius 3 is 1.96 bits per heavy atom. The topological polar surface area (TPSA) is 37.3 Å². The first kappa shape index (κ1) is 21.9. The fraction of sp³-hybridized carbons (Fsp3) is 0.762. The molecular weight excluding hydrogens is 284 g/mol. The third-order valence-corrected chi connectivity index (χ3v) is 4.24. The average molecular weight is 323 g/mol. The largest absolute Gasteiger partial charge is 0.481 e. The van der Waals surface area contributed by atoms with E-state index in [9.17, 15) is 4.79 Å². The Morgan fingerprint density at radius 1 is 0.783 bits per heavy atom. The van der Waals surface area contributed by atoms with Gasteiger partial charge in [0.05, 0.1) is 5.92 Å². The van der Waals surface area contributed by atoms with Crippen molar-refractivity contribution in [1.82, 2.24) is 0 Å². The standard InChI is InChI=1S/C21H38O2/c1-3-5-6-7-8-9-10-11-12-13-14-15-16-17-19-20(18-4-2)21(22)23/h8-9,11-12,20H,3-7,10,13-19H2,1-2H3,(H,22,23)/b9-8-,12-11-. The predicted molar refractivity (Wildman–Crippen MR) is 101 cm³/mol. The zero-order valence-corrected chi connectivity index (χ0v) is 15.4. The number of carboxylic acid groups (broad SMARTS) is 1. The van der Waals surface area contributed by atoms with Crippen LogP contribution in [0.4, 0.5) is 0 Å². The van der Waals surface area contributed by atoms with Crippen LogP contribution < -0.4 is 0 Å². The zero-order valence-electron chi connectivity index (χ0n) is 15.4. The van der Waals surface area contributed by atoms with Crippen LogP contribution in [0.2, 0.25) is 0 Å². The van der Waals surface area contributed by atoms with Crippen molar-refractivity contribution in [2.24, 2.45) is 5.92 Å². The van der Waals surface area contributed by atoms with E-state index in [0.29, 0.717) is 0 Å². The van der Waals surface area contributed by atoms with Gasteiger partial charge in [0.2, 0.25) is 0 Å². The van der Waals surface area contributed by atoms with Gasteiger partial charge in [-0.25, -0.2) is 0 Å². The van der Waals surface area contributed by atoms with Crippen molar-refractivity contribution in [3.8, 4) is 0 Å². The van der Waals surface area contributed by atoms with Crippen LogP contribution in [-0.4, -0.2) is 11.1 Å². The van der Waals surface area contributed by atoms with Gasteiger partial charge in [-0.1, -0.05) is 76.7 Å². The number of allylic oxidation sites excluding steroid dienone is 4. The number of hydrogen-bond acceptors (Lipinski definition) is 1. The Kier molecular flexibility index (Phi) is 16.5. The number of hydrogen-bond donors (Lipinski definition) is 1. The number of aliphatic carboxylic acids is 1. The van der Waals surface area contributed by atoms with E-state index < -0.39 is 5.97 Å². The second kappa shape index (κ2) is 17.3. The molecule has 2 nitrogen and oxygen atoms in total. The normalized spacial score (nSPS) is 13.1. The van der Waals surface area contributed by atoms with E-state index in [-0.39, 0.29) is 5.92 Å². The van der Waals surface area contributed by atoms with E-state index in [1.165, 1.54) is 44.9 Å². The van der Waals surface area contributed by atoms with Crippen molar-refractivity contribution in [3.05, 3.63) is 24.3 Å². The maximum atomic E-state index is 11.0. The van der Waals surface area contributed by atoms with Crippen LogP contribution in [0.5, 0.6) is 0 Å². The summed E-state index contributed by atoms with van der Waals surface area (Å²) in [6.45, 7) is 4.30. The highest BCUT2D eigenvalue weighted by molar-refractivity contribution is 5.69. The summed E-state index contributed by atoms with van der Waals surface area (Å²) in [5, 5.41) is 9.09. The first-order valence-electron chi connectivity index (χ1n) is 9.75. The summed E-state index contributed by atoms with van der Waals surface area (Å²) in [5.74, 6) is -0.735. The molecule has 0 aromatic heterocycles. The Bertz CT molecular complexity index is 318. The van der Waals surface area contributed by atoms with Gasteiger partial charge in [0, 0.05) is 0 Å². The Balaban J connectivity index is 3.41. The molecular formula is C21H38O2. The van der Waals surface area contributed by atoms with E-state index in [1.54, 1.807) is 0 Å². The van der Waals surface area contributed by atoms with E-state index >= 15 is 0 Å². The minimum atomic E-state index is -0.613. The summed E-state index contributed by atoms with van der Waals surface area (Å²) < 4.78 is 0. The SMILES string of the molecule is CCCCC/C=C\C/C=C\CCCCCCC(CCC)C(=O)O. The van der Waals surface area contributed by atoms with Gasteiger partial charge in [-0.2, -0.15) is 0 Å². The molecule has 1 atom stereocenters. The first-order chi connectivity index (χ1) is 11.2. The number of rotatable bonds is 16. The van der Waals surface area contributed by atoms with E-state index in [0.717, 1.165) is 38.5 Å². The van der Waals surface area contributed by atoms with Gasteiger partial charge >= 0.3 is 5.97 Å². The molecule has 0 radical (unpaired) electrons. The van der Waals surface area contributed by atoms with Crippen LogP contribution in [-0.2, 0) is 4.79 Å². The molecule has 0 aliphatic heterocycles. The van der Waals surface area contributed by atoms with Crippen molar-refractivity contribution in [1.29, 1.82) is 0 Å². The highest BCUT2D eigenvalue weighted by atomic mass is 16.4. The molecule has 0 saturated heterocycles. The smallest absolute Gasteiger partial charge is 0.306 e. The van der Waals surface area contributed by atoms with E-state index in [4.69, 9.17) is 5.11 Å². The summed E-state index contributed by atoms with van der Waals surface area (Å²) in [6.07, 6.45) is 23.8. The summed E-state index contributed by atoms with van der Waals surface area (Å²) >= 11 is 0. The molecule has 0 aliphatic carbocycles. The molecule has 0 bridgehead atoms. The first-order valence-corrected chi connectivity index (χ1v) is 9.75. The van der Waals surface area contributed by atoms with E-state index in [1.807, 2.05) is 0 Å². The lowest BCUT2D eigenvalue weighted by atomic mass is 9.96. The van der Waals surface area contributed by atoms with Crippen molar-refractivity contribution < 1.29 is 9.90 Å². The minimum absolute atomic E-state index is 0.121. The molecule has 0 rings (SSSR count). The molecule has 134 valence electrons. The van der Waals surface area contributed by atoms with Crippen LogP contribution in [0.1, 0.15) is 97.3 Å². The van der Waals surface area contributed by atoms with Crippen LogP contribution in [0, 0.1) is 5.92 Å². The predicted octanol–water partition coefficient (Wildman–Crippen LogP) is 6.91. The molecule has 1 unspecified atom stereocenters. The Labute approximate surface area is 144 Å². The highest BCUT2D eigenvalue weighted by Gasteiger charge is 2.14. The van der Waals surface area contributed by atoms with Crippen LogP contribution in [0.3, 0.4) is 0 Å². The highest BCUT2D eigenvalue weighted by Crippen LogP contribution is 2.16. The van der Waals surface area contributed by atoms with Crippen molar-refractivity contribution >= 4 is 5.97 Å². The molecule has 0 fully saturated rings. The third kappa shape index (κ3) is 15.6. The summed E-state index contributed by atoms with van der Waals surface area (Å²) in [4.78, 5) is 11.0. The molecule has 0 spiro atoms. The van der Waals surface area contributed by atoms with Gasteiger partial charge < -0.3 is 5.11 Å². The lowest BCUT2D eigenvalue weighted by Crippen LogP contribution is -2.13. The zero-order chi connectivity index (χ0) is 17.2.